The molecule has 0 radical (unpaired) electrons. The van der Waals surface area contributed by atoms with Gasteiger partial charge in [-0.1, -0.05) is 25.1 Å². The highest BCUT2D eigenvalue weighted by molar-refractivity contribution is 5.82. The Morgan fingerprint density at radius 1 is 0.923 bits per heavy atom. The summed E-state index contributed by atoms with van der Waals surface area (Å²) in [6.45, 7) is 3.52. The van der Waals surface area contributed by atoms with E-state index in [1.165, 1.54) is 10.9 Å². The Labute approximate surface area is 153 Å². The normalized spacial score (nSPS) is 10.9. The largest absolute Gasteiger partial charge is 0.493 e. The van der Waals surface area contributed by atoms with Crippen molar-refractivity contribution < 1.29 is 18.6 Å². The maximum Gasteiger partial charge on any atom is 0.203 e. The highest BCUT2D eigenvalue weighted by atomic mass is 16.5. The van der Waals surface area contributed by atoms with E-state index < -0.39 is 0 Å². The summed E-state index contributed by atoms with van der Waals surface area (Å²) in [6, 6.07) is 12.1. The lowest BCUT2D eigenvalue weighted by Gasteiger charge is -2.14. The number of nitrogens with one attached hydrogen (secondary N) is 1. The Balaban J connectivity index is 1.78. The van der Waals surface area contributed by atoms with Gasteiger partial charge in [0.05, 0.1) is 21.3 Å². The molecule has 5 nitrogen and oxygen atoms in total. The second-order valence-corrected chi connectivity index (χ2v) is 5.99. The summed E-state index contributed by atoms with van der Waals surface area (Å²) >= 11 is 0. The van der Waals surface area contributed by atoms with Crippen LogP contribution in [0, 0.1) is 0 Å². The Morgan fingerprint density at radius 2 is 1.62 bits per heavy atom. The van der Waals surface area contributed by atoms with E-state index in [0.29, 0.717) is 23.8 Å². The molecule has 1 aromatic heterocycles. The average molecular weight is 355 g/mol. The first kappa shape index (κ1) is 18.1. The van der Waals surface area contributed by atoms with Gasteiger partial charge in [-0.2, -0.15) is 0 Å². The van der Waals surface area contributed by atoms with Crippen LogP contribution in [0.15, 0.2) is 40.8 Å². The van der Waals surface area contributed by atoms with Crippen LogP contribution in [0.2, 0.25) is 0 Å². The number of aryl methyl sites for hydroxylation is 1. The van der Waals surface area contributed by atoms with Gasteiger partial charge in [0.15, 0.2) is 11.5 Å². The highest BCUT2D eigenvalue weighted by Crippen LogP contribution is 2.38. The molecule has 0 spiro atoms. The highest BCUT2D eigenvalue weighted by Gasteiger charge is 2.14. The third kappa shape index (κ3) is 3.48. The van der Waals surface area contributed by atoms with Gasteiger partial charge in [0.1, 0.15) is 11.3 Å². The maximum atomic E-state index is 5.96. The number of rotatable bonds is 8. The van der Waals surface area contributed by atoms with Gasteiger partial charge in [0, 0.05) is 30.5 Å². The monoisotopic (exact) mass is 355 g/mol. The number of methoxy groups -OCH3 is 3. The standard InChI is InChI=1S/C21H25NO4/c1-5-17-16(15-8-6-7-9-18(15)26-17)13-22-12-14-10-19(23-2)21(25-4)20(11-14)24-3/h6-11,22H,5,12-13H2,1-4H3. The van der Waals surface area contributed by atoms with Crippen LogP contribution in [0.4, 0.5) is 0 Å². The number of fused-ring (bicyclic) bond motifs is 1. The van der Waals surface area contributed by atoms with Crippen LogP contribution in [0.1, 0.15) is 23.8 Å². The van der Waals surface area contributed by atoms with Crippen LogP contribution in [0.25, 0.3) is 11.0 Å². The molecule has 0 bridgehead atoms. The van der Waals surface area contributed by atoms with E-state index in [-0.39, 0.29) is 0 Å². The fourth-order valence-corrected chi connectivity index (χ4v) is 3.20. The van der Waals surface area contributed by atoms with Crippen LogP contribution < -0.4 is 19.5 Å². The first-order valence-corrected chi connectivity index (χ1v) is 8.70. The molecule has 3 rings (SSSR count). The van der Waals surface area contributed by atoms with E-state index in [9.17, 15) is 0 Å². The zero-order valence-corrected chi connectivity index (χ0v) is 15.7. The number of furan rings is 1. The summed E-state index contributed by atoms with van der Waals surface area (Å²) in [4.78, 5) is 0. The van der Waals surface area contributed by atoms with Gasteiger partial charge in [0.25, 0.3) is 0 Å². The number of hydrogen-bond donors (Lipinski definition) is 1. The van der Waals surface area contributed by atoms with Crippen molar-refractivity contribution in [3.63, 3.8) is 0 Å². The molecule has 138 valence electrons. The van der Waals surface area contributed by atoms with Crippen molar-refractivity contribution in [1.82, 2.24) is 5.32 Å². The number of hydrogen-bond acceptors (Lipinski definition) is 5. The fraction of sp³-hybridized carbons (Fsp3) is 0.333. The summed E-state index contributed by atoms with van der Waals surface area (Å²) < 4.78 is 22.2. The van der Waals surface area contributed by atoms with Crippen molar-refractivity contribution in [1.29, 1.82) is 0 Å². The second-order valence-electron chi connectivity index (χ2n) is 5.99. The lowest BCUT2D eigenvalue weighted by atomic mass is 10.1. The molecule has 2 aromatic carbocycles. The summed E-state index contributed by atoms with van der Waals surface area (Å²) in [7, 11) is 4.86. The van der Waals surface area contributed by atoms with Gasteiger partial charge < -0.3 is 23.9 Å². The SMILES string of the molecule is CCc1oc2ccccc2c1CNCc1cc(OC)c(OC)c(OC)c1. The summed E-state index contributed by atoms with van der Waals surface area (Å²) in [5.74, 6) is 2.95. The van der Waals surface area contributed by atoms with E-state index in [1.807, 2.05) is 30.3 Å². The van der Waals surface area contributed by atoms with Crippen LogP contribution in [-0.2, 0) is 19.5 Å². The smallest absolute Gasteiger partial charge is 0.203 e. The minimum Gasteiger partial charge on any atom is -0.493 e. The third-order valence-corrected chi connectivity index (χ3v) is 4.46. The van der Waals surface area contributed by atoms with Crippen LogP contribution >= 0.6 is 0 Å². The topological polar surface area (TPSA) is 52.9 Å². The first-order chi connectivity index (χ1) is 12.7. The molecule has 0 aliphatic heterocycles. The molecule has 0 atom stereocenters. The molecule has 0 aliphatic carbocycles. The van der Waals surface area contributed by atoms with Gasteiger partial charge in [-0.25, -0.2) is 0 Å². The molecule has 5 heteroatoms. The van der Waals surface area contributed by atoms with Crippen molar-refractivity contribution in [3.05, 3.63) is 53.3 Å². The zero-order valence-electron chi connectivity index (χ0n) is 15.7. The zero-order chi connectivity index (χ0) is 18.5. The minimum atomic E-state index is 0.604. The van der Waals surface area contributed by atoms with Gasteiger partial charge in [-0.3, -0.25) is 0 Å². The van der Waals surface area contributed by atoms with E-state index in [0.717, 1.165) is 29.9 Å². The molecular formula is C21H25NO4. The Kier molecular flexibility index (Phi) is 5.68. The molecular weight excluding hydrogens is 330 g/mol. The maximum absolute atomic E-state index is 5.96. The summed E-state index contributed by atoms with van der Waals surface area (Å²) in [5, 5.41) is 4.67. The summed E-state index contributed by atoms with van der Waals surface area (Å²) in [5.41, 5.74) is 3.22. The first-order valence-electron chi connectivity index (χ1n) is 8.70. The molecule has 0 saturated heterocycles. The van der Waals surface area contributed by atoms with Crippen molar-refractivity contribution in [2.45, 2.75) is 26.4 Å². The van der Waals surface area contributed by atoms with Crippen LogP contribution in [-0.4, -0.2) is 21.3 Å². The van der Waals surface area contributed by atoms with E-state index in [1.54, 1.807) is 21.3 Å². The number of para-hydroxylation sites is 1. The predicted octanol–water partition coefficient (Wildman–Crippen LogP) is 4.31. The molecule has 0 aliphatic rings. The third-order valence-electron chi connectivity index (χ3n) is 4.46. The lowest BCUT2D eigenvalue weighted by Crippen LogP contribution is -2.13. The van der Waals surface area contributed by atoms with Gasteiger partial charge >= 0.3 is 0 Å². The molecule has 0 saturated carbocycles. The Hall–Kier alpha value is -2.66. The molecule has 3 aromatic rings. The van der Waals surface area contributed by atoms with Crippen LogP contribution in [0.5, 0.6) is 17.2 Å². The molecule has 1 N–H and O–H groups in total. The van der Waals surface area contributed by atoms with Crippen molar-refractivity contribution >= 4 is 11.0 Å². The summed E-state index contributed by atoms with van der Waals surface area (Å²) in [6.07, 6.45) is 0.871. The Morgan fingerprint density at radius 3 is 2.23 bits per heavy atom. The van der Waals surface area contributed by atoms with Crippen molar-refractivity contribution in [2.75, 3.05) is 21.3 Å². The van der Waals surface area contributed by atoms with Gasteiger partial charge in [-0.05, 0) is 23.8 Å². The number of benzene rings is 2. The molecule has 0 unspecified atom stereocenters. The predicted molar refractivity (Wildman–Crippen MR) is 102 cm³/mol. The van der Waals surface area contributed by atoms with E-state index in [2.05, 4.69) is 18.3 Å². The number of ether oxygens (including phenoxy) is 3. The average Bonchev–Trinajstić information content (AvgIpc) is 3.05. The lowest BCUT2D eigenvalue weighted by molar-refractivity contribution is 0.323. The quantitative estimate of drug-likeness (QED) is 0.652. The molecule has 0 fully saturated rings. The second kappa shape index (κ2) is 8.15. The van der Waals surface area contributed by atoms with Gasteiger partial charge in [0.2, 0.25) is 5.75 Å². The van der Waals surface area contributed by atoms with Gasteiger partial charge in [-0.15, -0.1) is 0 Å². The molecule has 0 amide bonds. The molecule has 1 heterocycles. The molecule has 26 heavy (non-hydrogen) atoms. The van der Waals surface area contributed by atoms with E-state index in [4.69, 9.17) is 18.6 Å². The fourth-order valence-electron chi connectivity index (χ4n) is 3.20. The minimum absolute atomic E-state index is 0.604. The van der Waals surface area contributed by atoms with Crippen molar-refractivity contribution in [3.8, 4) is 17.2 Å². The van der Waals surface area contributed by atoms with Crippen molar-refractivity contribution in [2.24, 2.45) is 0 Å². The van der Waals surface area contributed by atoms with Crippen LogP contribution in [0.3, 0.4) is 0 Å². The Bertz CT molecular complexity index is 860. The van der Waals surface area contributed by atoms with E-state index >= 15 is 0 Å².